The Kier molecular flexibility index (Phi) is 6.95. The van der Waals surface area contributed by atoms with Crippen LogP contribution in [0.25, 0.3) is 99.8 Å². The number of halogens is 1. The van der Waals surface area contributed by atoms with Crippen LogP contribution in [0.2, 0.25) is 0 Å². The van der Waals surface area contributed by atoms with Crippen LogP contribution in [0.15, 0.2) is 170 Å². The summed E-state index contributed by atoms with van der Waals surface area (Å²) in [5, 5.41) is 6.94. The molecule has 0 atom stereocenters. The van der Waals surface area contributed by atoms with E-state index in [0.717, 1.165) is 54.8 Å². The second-order valence-corrected chi connectivity index (χ2v) is 16.2. The van der Waals surface area contributed by atoms with Crippen molar-refractivity contribution in [2.75, 3.05) is 0 Å². The Morgan fingerprint density at radius 1 is 0.302 bits per heavy atom. The molecule has 0 N–H and O–H groups in total. The Morgan fingerprint density at radius 3 is 1.53 bits per heavy atom. The zero-order valence-electron chi connectivity index (χ0n) is 28.3. The third-order valence-corrected chi connectivity index (χ3v) is 13.3. The predicted octanol–water partition coefficient (Wildman–Crippen LogP) is 8.66. The van der Waals surface area contributed by atoms with E-state index in [1.807, 2.05) is 18.2 Å². The summed E-state index contributed by atoms with van der Waals surface area (Å²) in [5.41, 5.74) is 9.85. The van der Waals surface area contributed by atoms with Crippen molar-refractivity contribution in [3.05, 3.63) is 177 Å². The van der Waals surface area contributed by atoms with Crippen molar-refractivity contribution in [3.8, 4) is 56.4 Å². The summed E-state index contributed by atoms with van der Waals surface area (Å²) in [6, 6.07) is 60.2. The molecule has 0 radical (unpaired) electrons. The van der Waals surface area contributed by atoms with Gasteiger partial charge >= 0.3 is 208 Å². The minimum absolute atomic E-state index is 0.260. The first kappa shape index (κ1) is 30.3. The second kappa shape index (κ2) is 12.1. The van der Waals surface area contributed by atoms with E-state index < -0.39 is 0 Å². The molecule has 0 fully saturated rings. The summed E-state index contributed by atoms with van der Waals surface area (Å²) in [6.07, 6.45) is 0. The van der Waals surface area contributed by atoms with Crippen molar-refractivity contribution in [1.29, 1.82) is 0 Å². The number of fused-ring (bicyclic) bond motifs is 9. The van der Waals surface area contributed by atoms with Crippen LogP contribution < -0.4 is 21.2 Å². The maximum atomic E-state index is 5.38. The van der Waals surface area contributed by atoms with Gasteiger partial charge in [-0.25, -0.2) is 4.98 Å². The van der Waals surface area contributed by atoms with E-state index in [1.54, 1.807) is 0 Å². The van der Waals surface area contributed by atoms with Crippen LogP contribution in [-0.4, -0.2) is 19.9 Å². The molecule has 0 saturated carbocycles. The van der Waals surface area contributed by atoms with Gasteiger partial charge in [0.2, 0.25) is 0 Å². The number of nitrogens with zero attached hydrogens (tertiary/aromatic N) is 4. The van der Waals surface area contributed by atoms with Crippen LogP contribution in [0.3, 0.4) is 0 Å². The van der Waals surface area contributed by atoms with E-state index in [-0.39, 0.29) is 21.2 Å². The SMILES string of the molecule is c1ccc(-c2nc(-c3ccc(-c4c5ccc6ccccc6c5nc5c4ccc4ccccc45)cc3)nc(-c3cccc4c3-c3ccccc3[I-]4)n2)cc1. The van der Waals surface area contributed by atoms with Crippen molar-refractivity contribution in [2.24, 2.45) is 0 Å². The summed E-state index contributed by atoms with van der Waals surface area (Å²) >= 11 is -0.260. The van der Waals surface area contributed by atoms with Crippen LogP contribution >= 0.6 is 0 Å². The maximum absolute atomic E-state index is 5.38. The molecule has 8 aromatic carbocycles. The molecule has 11 rings (SSSR count). The molecule has 1 aliphatic heterocycles. The average molecular weight is 788 g/mol. The molecule has 53 heavy (non-hydrogen) atoms. The number of hydrogen-bond donors (Lipinski definition) is 0. The summed E-state index contributed by atoms with van der Waals surface area (Å²) in [6.45, 7) is 0. The normalized spacial score (nSPS) is 12.2. The summed E-state index contributed by atoms with van der Waals surface area (Å²) in [5.74, 6) is 2.01. The monoisotopic (exact) mass is 787 g/mol. The predicted molar refractivity (Wildman–Crippen MR) is 212 cm³/mol. The van der Waals surface area contributed by atoms with Gasteiger partial charge in [-0.3, -0.25) is 0 Å². The molecular weight excluding hydrogens is 759 g/mol. The Hall–Kier alpha value is -6.31. The van der Waals surface area contributed by atoms with Gasteiger partial charge in [-0.05, 0) is 10.8 Å². The van der Waals surface area contributed by atoms with Gasteiger partial charge in [-0.2, -0.15) is 0 Å². The summed E-state index contributed by atoms with van der Waals surface area (Å²) in [7, 11) is 0. The Bertz CT molecular complexity index is 2990. The van der Waals surface area contributed by atoms with Gasteiger partial charge in [0.25, 0.3) is 0 Å². The first-order chi connectivity index (χ1) is 26.3. The van der Waals surface area contributed by atoms with Gasteiger partial charge in [-0.1, -0.05) is 72.8 Å². The summed E-state index contributed by atoms with van der Waals surface area (Å²) in [4.78, 5) is 20.8. The van der Waals surface area contributed by atoms with Crippen molar-refractivity contribution in [3.63, 3.8) is 0 Å². The van der Waals surface area contributed by atoms with E-state index >= 15 is 0 Å². The Balaban J connectivity index is 1.11. The van der Waals surface area contributed by atoms with Gasteiger partial charge < -0.3 is 0 Å². The molecule has 2 aromatic heterocycles. The van der Waals surface area contributed by atoms with Crippen LogP contribution in [-0.2, 0) is 0 Å². The van der Waals surface area contributed by atoms with Crippen LogP contribution in [0.4, 0.5) is 0 Å². The zero-order valence-corrected chi connectivity index (χ0v) is 30.5. The zero-order chi connectivity index (χ0) is 34.9. The van der Waals surface area contributed by atoms with Crippen LogP contribution in [0.5, 0.6) is 0 Å². The molecule has 248 valence electrons. The van der Waals surface area contributed by atoms with Gasteiger partial charge in [0.1, 0.15) is 0 Å². The fourth-order valence-corrected chi connectivity index (χ4v) is 10.8. The minimum atomic E-state index is -0.260. The van der Waals surface area contributed by atoms with Gasteiger partial charge in [-0.15, -0.1) is 0 Å². The van der Waals surface area contributed by atoms with E-state index in [0.29, 0.717) is 17.5 Å². The van der Waals surface area contributed by atoms with Crippen LogP contribution in [0.1, 0.15) is 0 Å². The number of hydrogen-bond acceptors (Lipinski definition) is 4. The van der Waals surface area contributed by atoms with Crippen LogP contribution in [0, 0.1) is 7.14 Å². The van der Waals surface area contributed by atoms with Gasteiger partial charge in [0.15, 0.2) is 0 Å². The van der Waals surface area contributed by atoms with Gasteiger partial charge in [0, 0.05) is 10.8 Å². The quantitative estimate of drug-likeness (QED) is 0.102. The molecule has 1 aliphatic rings. The first-order valence-electron chi connectivity index (χ1n) is 17.7. The molecule has 0 bridgehead atoms. The average Bonchev–Trinajstić information content (AvgIpc) is 3.62. The Labute approximate surface area is 316 Å². The molecule has 0 saturated heterocycles. The number of pyridine rings is 1. The van der Waals surface area contributed by atoms with Gasteiger partial charge in [0.05, 0.1) is 11.0 Å². The molecule has 3 heterocycles. The molecule has 5 heteroatoms. The number of rotatable bonds is 4. The molecule has 4 nitrogen and oxygen atoms in total. The molecule has 0 unspecified atom stereocenters. The third kappa shape index (κ3) is 4.95. The number of benzene rings is 8. The van der Waals surface area contributed by atoms with Crippen molar-refractivity contribution >= 4 is 43.4 Å². The van der Waals surface area contributed by atoms with E-state index in [2.05, 4.69) is 152 Å². The second-order valence-electron chi connectivity index (χ2n) is 13.3. The van der Waals surface area contributed by atoms with E-state index in [4.69, 9.17) is 19.9 Å². The molecular formula is C48H28IN4-. The first-order valence-corrected chi connectivity index (χ1v) is 19.9. The van der Waals surface area contributed by atoms with Crippen molar-refractivity contribution < 1.29 is 21.2 Å². The van der Waals surface area contributed by atoms with E-state index in [1.165, 1.54) is 34.6 Å². The number of aromatic nitrogens is 4. The molecule has 0 amide bonds. The van der Waals surface area contributed by atoms with E-state index in [9.17, 15) is 0 Å². The standard InChI is InChI=1S/C48H28IN4/c1-2-13-32(14-3-1)46-51-47(53-48(52-46)39-18-10-20-41-43(39)36-17-8-9-19-40(36)49-41)33-23-21-31(22-24-33)42-37-27-25-29-11-4-6-15-34(29)44(37)50-45-35-16-7-5-12-30(35)26-28-38(42)45/h1-28H/q-1. The fourth-order valence-electron chi connectivity index (χ4n) is 7.77. The van der Waals surface area contributed by atoms with Crippen molar-refractivity contribution in [2.45, 2.75) is 0 Å². The third-order valence-electron chi connectivity index (χ3n) is 10.3. The van der Waals surface area contributed by atoms with Crippen molar-refractivity contribution in [1.82, 2.24) is 19.9 Å². The fraction of sp³-hybridized carbons (Fsp3) is 0. The molecule has 0 spiro atoms. The topological polar surface area (TPSA) is 51.6 Å². The Morgan fingerprint density at radius 2 is 0.830 bits per heavy atom. The molecule has 10 aromatic rings. The molecule has 0 aliphatic carbocycles. The summed E-state index contributed by atoms with van der Waals surface area (Å²) < 4.78 is 2.85.